The Morgan fingerprint density at radius 1 is 1.24 bits per heavy atom. The molecule has 0 aromatic heterocycles. The second-order valence-corrected chi connectivity index (χ2v) is 6.21. The first kappa shape index (κ1) is 21.2. The van der Waals surface area contributed by atoms with Crippen LogP contribution in [0.5, 0.6) is 5.75 Å². The second kappa shape index (κ2) is 12.5. The van der Waals surface area contributed by atoms with Gasteiger partial charge in [-0.25, -0.2) is 4.79 Å². The Morgan fingerprint density at radius 2 is 1.92 bits per heavy atom. The van der Waals surface area contributed by atoms with Crippen LogP contribution in [0.3, 0.4) is 0 Å². The Bertz CT molecular complexity index is 472. The van der Waals surface area contributed by atoms with Crippen LogP contribution in [-0.2, 0) is 0 Å². The van der Waals surface area contributed by atoms with E-state index < -0.39 is 6.09 Å². The highest BCUT2D eigenvalue weighted by Gasteiger charge is 2.15. The summed E-state index contributed by atoms with van der Waals surface area (Å²) in [5, 5.41) is 25.3. The van der Waals surface area contributed by atoms with Crippen molar-refractivity contribution in [2.45, 2.75) is 25.9 Å². The molecule has 0 radical (unpaired) electrons. The van der Waals surface area contributed by atoms with E-state index in [2.05, 4.69) is 22.9 Å². The third kappa shape index (κ3) is 10.6. The molecule has 25 heavy (non-hydrogen) atoms. The van der Waals surface area contributed by atoms with Crippen molar-refractivity contribution in [3.63, 3.8) is 0 Å². The van der Waals surface area contributed by atoms with E-state index in [0.717, 1.165) is 44.8 Å². The van der Waals surface area contributed by atoms with E-state index in [4.69, 9.17) is 14.9 Å². The first-order valence-corrected chi connectivity index (χ1v) is 8.68. The number of carboxylic acid groups (broad SMARTS) is 1. The molecule has 2 saturated heterocycles. The summed E-state index contributed by atoms with van der Waals surface area (Å²) in [4.78, 5) is 9.96. The summed E-state index contributed by atoms with van der Waals surface area (Å²) >= 11 is 0. The third-order valence-electron chi connectivity index (χ3n) is 3.99. The molecule has 0 aliphatic carbocycles. The third-order valence-corrected chi connectivity index (χ3v) is 3.99. The topological polar surface area (TPSA) is 103 Å². The van der Waals surface area contributed by atoms with Gasteiger partial charge in [0.2, 0.25) is 0 Å². The number of benzene rings is 1. The summed E-state index contributed by atoms with van der Waals surface area (Å²) in [6, 6.07) is 7.96. The zero-order valence-electron chi connectivity index (χ0n) is 15.1. The van der Waals surface area contributed by atoms with Crippen molar-refractivity contribution < 1.29 is 19.7 Å². The quantitative estimate of drug-likeness (QED) is 0.558. The fourth-order valence-corrected chi connectivity index (χ4v) is 2.25. The number of methoxy groups -OCH3 is 1. The van der Waals surface area contributed by atoms with E-state index in [1.165, 1.54) is 5.56 Å². The molecule has 0 spiro atoms. The number of hydrogen-bond acceptors (Lipinski definition) is 5. The smallest absolute Gasteiger partial charge is 0.404 e. The molecular formula is C18H31N3O4. The van der Waals surface area contributed by atoms with Crippen LogP contribution in [0.2, 0.25) is 0 Å². The van der Waals surface area contributed by atoms with Crippen LogP contribution in [0.15, 0.2) is 24.3 Å². The molecule has 1 atom stereocenters. The van der Waals surface area contributed by atoms with Crippen molar-refractivity contribution in [2.75, 3.05) is 39.8 Å². The summed E-state index contributed by atoms with van der Waals surface area (Å²) in [5.41, 5.74) is 1.26. The molecule has 1 unspecified atom stereocenters. The molecule has 1 aromatic carbocycles. The first-order valence-electron chi connectivity index (χ1n) is 8.68. The number of carbonyl (C=O) groups is 1. The standard InChI is InChI=1S/C8H10O.C6H12N2O2.C4H9NO/c1-7-3-5-8(9-2)6-4-7;9-6(10)8-2-1-5-3-7-4-5;6-4-1-2-5-3-4/h3-6H,1-2H3;5,7-8H,1-4H2,(H,9,10);4-6H,1-3H2. The highest BCUT2D eigenvalue weighted by molar-refractivity contribution is 5.64. The van der Waals surface area contributed by atoms with Crippen LogP contribution >= 0.6 is 0 Å². The number of β-amino-alcohol motifs (C(OH)–C–C–N with tert-alkyl or cyclic N) is 1. The van der Waals surface area contributed by atoms with E-state index in [-0.39, 0.29) is 6.10 Å². The van der Waals surface area contributed by atoms with Gasteiger partial charge in [0.05, 0.1) is 13.2 Å². The second-order valence-electron chi connectivity index (χ2n) is 6.21. The average molecular weight is 353 g/mol. The average Bonchev–Trinajstić information content (AvgIpc) is 3.03. The summed E-state index contributed by atoms with van der Waals surface area (Å²) in [6.07, 6.45) is 0.900. The zero-order valence-corrected chi connectivity index (χ0v) is 15.1. The van der Waals surface area contributed by atoms with Gasteiger partial charge in [0.25, 0.3) is 0 Å². The van der Waals surface area contributed by atoms with Crippen molar-refractivity contribution >= 4 is 6.09 Å². The van der Waals surface area contributed by atoms with Crippen molar-refractivity contribution in [3.8, 4) is 5.75 Å². The SMILES string of the molecule is COc1ccc(C)cc1.O=C(O)NCCC1CNC1.OC1CCNC1. The molecule has 2 aliphatic heterocycles. The largest absolute Gasteiger partial charge is 0.497 e. The lowest BCUT2D eigenvalue weighted by atomic mass is 10.00. The molecular weight excluding hydrogens is 322 g/mol. The van der Waals surface area contributed by atoms with Gasteiger partial charge >= 0.3 is 6.09 Å². The van der Waals surface area contributed by atoms with E-state index in [9.17, 15) is 4.79 Å². The lowest BCUT2D eigenvalue weighted by Gasteiger charge is -2.26. The normalized spacial score (nSPS) is 18.8. The minimum Gasteiger partial charge on any atom is -0.497 e. The lowest BCUT2D eigenvalue weighted by Crippen LogP contribution is -2.43. The Hall–Kier alpha value is -1.83. The molecule has 2 fully saturated rings. The van der Waals surface area contributed by atoms with Crippen molar-refractivity contribution in [2.24, 2.45) is 5.92 Å². The Morgan fingerprint density at radius 3 is 2.28 bits per heavy atom. The summed E-state index contributed by atoms with van der Waals surface area (Å²) < 4.78 is 4.97. The van der Waals surface area contributed by atoms with Crippen molar-refractivity contribution in [3.05, 3.63) is 29.8 Å². The van der Waals surface area contributed by atoms with Crippen LogP contribution in [0.25, 0.3) is 0 Å². The Labute approximate surface area is 149 Å². The number of aryl methyl sites for hydroxylation is 1. The van der Waals surface area contributed by atoms with E-state index in [1.54, 1.807) is 7.11 Å². The molecule has 2 heterocycles. The van der Waals surface area contributed by atoms with Crippen LogP contribution in [0.4, 0.5) is 4.79 Å². The van der Waals surface area contributed by atoms with Gasteiger partial charge in [0.15, 0.2) is 0 Å². The number of aliphatic hydroxyl groups excluding tert-OH is 1. The minimum atomic E-state index is -0.924. The van der Waals surface area contributed by atoms with Crippen molar-refractivity contribution in [1.29, 1.82) is 0 Å². The summed E-state index contributed by atoms with van der Waals surface area (Å²) in [5.74, 6) is 1.60. The fourth-order valence-electron chi connectivity index (χ4n) is 2.25. The highest BCUT2D eigenvalue weighted by atomic mass is 16.5. The Kier molecular flexibility index (Phi) is 10.6. The molecule has 0 bridgehead atoms. The number of hydrogen-bond donors (Lipinski definition) is 5. The number of rotatable bonds is 4. The van der Waals surface area contributed by atoms with Gasteiger partial charge in [-0.2, -0.15) is 0 Å². The summed E-state index contributed by atoms with van der Waals surface area (Å²) in [7, 11) is 1.67. The van der Waals surface area contributed by atoms with Crippen LogP contribution < -0.4 is 20.7 Å². The van der Waals surface area contributed by atoms with Crippen LogP contribution in [0, 0.1) is 12.8 Å². The number of amides is 1. The monoisotopic (exact) mass is 353 g/mol. The molecule has 7 nitrogen and oxygen atoms in total. The maximum Gasteiger partial charge on any atom is 0.404 e. The van der Waals surface area contributed by atoms with Gasteiger partial charge < -0.3 is 30.9 Å². The van der Waals surface area contributed by atoms with Gasteiger partial charge in [0, 0.05) is 13.1 Å². The van der Waals surface area contributed by atoms with Crippen LogP contribution in [-0.4, -0.2) is 62.2 Å². The van der Waals surface area contributed by atoms with Gasteiger partial charge in [0.1, 0.15) is 5.75 Å². The molecule has 1 amide bonds. The van der Waals surface area contributed by atoms with Gasteiger partial charge in [-0.3, -0.25) is 0 Å². The Balaban J connectivity index is 0.000000193. The van der Waals surface area contributed by atoms with Gasteiger partial charge in [-0.15, -0.1) is 0 Å². The predicted octanol–water partition coefficient (Wildman–Crippen LogP) is 1.21. The number of aliphatic hydroxyl groups is 1. The van der Waals surface area contributed by atoms with Crippen LogP contribution in [0.1, 0.15) is 18.4 Å². The molecule has 1 aromatic rings. The van der Waals surface area contributed by atoms with Gasteiger partial charge in [-0.1, -0.05) is 17.7 Å². The highest BCUT2D eigenvalue weighted by Crippen LogP contribution is 2.09. The molecule has 2 aliphatic rings. The zero-order chi connectivity index (χ0) is 18.5. The summed E-state index contributed by atoms with van der Waals surface area (Å²) in [6.45, 7) is 6.50. The fraction of sp³-hybridized carbons (Fsp3) is 0.611. The van der Waals surface area contributed by atoms with Crippen molar-refractivity contribution in [1.82, 2.24) is 16.0 Å². The molecule has 5 N–H and O–H groups in total. The number of ether oxygens (including phenoxy) is 1. The first-order chi connectivity index (χ1) is 12.0. The molecule has 0 saturated carbocycles. The number of nitrogens with one attached hydrogen (secondary N) is 3. The maximum absolute atomic E-state index is 9.96. The molecule has 142 valence electrons. The maximum atomic E-state index is 9.96. The minimum absolute atomic E-state index is 0.0648. The van der Waals surface area contributed by atoms with E-state index >= 15 is 0 Å². The predicted molar refractivity (Wildman–Crippen MR) is 98.2 cm³/mol. The van der Waals surface area contributed by atoms with E-state index in [0.29, 0.717) is 12.5 Å². The van der Waals surface area contributed by atoms with Gasteiger partial charge in [-0.05, 0) is 57.5 Å². The lowest BCUT2D eigenvalue weighted by molar-refractivity contribution is 0.192. The van der Waals surface area contributed by atoms with E-state index in [1.807, 2.05) is 24.3 Å². The molecule has 7 heteroatoms. The molecule has 3 rings (SSSR count).